The van der Waals surface area contributed by atoms with Gasteiger partial charge < -0.3 is 14.8 Å². The van der Waals surface area contributed by atoms with E-state index in [4.69, 9.17) is 9.47 Å². The number of ether oxygens (including phenoxy) is 2. The molecule has 138 valence electrons. The van der Waals surface area contributed by atoms with Crippen LogP contribution in [0.2, 0.25) is 0 Å². The Morgan fingerprint density at radius 3 is 2.63 bits per heavy atom. The van der Waals surface area contributed by atoms with Crippen molar-refractivity contribution in [3.05, 3.63) is 65.7 Å². The van der Waals surface area contributed by atoms with Crippen molar-refractivity contribution in [3.63, 3.8) is 0 Å². The number of carbonyl (C=O) groups excluding carboxylic acids is 1. The van der Waals surface area contributed by atoms with Gasteiger partial charge in [-0.2, -0.15) is 0 Å². The maximum atomic E-state index is 12.8. The molecule has 0 aromatic heterocycles. The summed E-state index contributed by atoms with van der Waals surface area (Å²) in [6.45, 7) is 3.20. The zero-order valence-electron chi connectivity index (χ0n) is 15.0. The van der Waals surface area contributed by atoms with Gasteiger partial charge in [0.1, 0.15) is 19.4 Å². The highest BCUT2D eigenvalue weighted by Gasteiger charge is 2.44. The molecule has 0 aliphatic carbocycles. The summed E-state index contributed by atoms with van der Waals surface area (Å²) in [5.41, 5.74) is 6.23. The molecule has 2 N–H and O–H groups in total. The number of hydrogen-bond donors (Lipinski definition) is 2. The molecule has 3 unspecified atom stereocenters. The minimum Gasteiger partial charge on any atom is -0.486 e. The number of benzene rings is 2. The van der Waals surface area contributed by atoms with E-state index in [-0.39, 0.29) is 24.0 Å². The van der Waals surface area contributed by atoms with Crippen LogP contribution in [0.1, 0.15) is 24.0 Å². The topological polar surface area (TPSA) is 62.8 Å². The number of nitrogens with zero attached hydrogens (tertiary/aromatic N) is 1. The quantitative estimate of drug-likeness (QED) is 0.857. The van der Waals surface area contributed by atoms with E-state index in [1.807, 2.05) is 36.4 Å². The Kier molecular flexibility index (Phi) is 3.79. The van der Waals surface area contributed by atoms with E-state index in [0.29, 0.717) is 19.0 Å². The van der Waals surface area contributed by atoms with Crippen molar-refractivity contribution in [2.24, 2.45) is 0 Å². The molecule has 0 radical (unpaired) electrons. The molecule has 3 heterocycles. The average molecular weight is 363 g/mol. The van der Waals surface area contributed by atoms with Gasteiger partial charge in [-0.15, -0.1) is 0 Å². The van der Waals surface area contributed by atoms with Crippen LogP contribution >= 0.6 is 0 Å². The number of fused-ring (bicyclic) bond motifs is 2. The van der Waals surface area contributed by atoms with Crippen molar-refractivity contribution >= 4 is 11.6 Å². The Labute approximate surface area is 157 Å². The van der Waals surface area contributed by atoms with Gasteiger partial charge in [0, 0.05) is 29.3 Å². The molecule has 6 nitrogen and oxygen atoms in total. The van der Waals surface area contributed by atoms with Crippen molar-refractivity contribution < 1.29 is 14.3 Å². The van der Waals surface area contributed by atoms with E-state index < -0.39 is 0 Å². The molecule has 2 aromatic rings. The van der Waals surface area contributed by atoms with Crippen LogP contribution in [0.5, 0.6) is 11.5 Å². The summed E-state index contributed by atoms with van der Waals surface area (Å²) in [5.74, 6) is 1.56. The van der Waals surface area contributed by atoms with Gasteiger partial charge >= 0.3 is 0 Å². The van der Waals surface area contributed by atoms with Crippen LogP contribution < -0.4 is 20.2 Å². The first-order valence-corrected chi connectivity index (χ1v) is 9.23. The van der Waals surface area contributed by atoms with Crippen LogP contribution in [-0.4, -0.2) is 36.3 Å². The third-order valence-corrected chi connectivity index (χ3v) is 5.35. The maximum Gasteiger partial charge on any atom is 0.264 e. The highest BCUT2D eigenvalue weighted by atomic mass is 16.6. The lowest BCUT2D eigenvalue weighted by molar-refractivity contribution is -0.130. The van der Waals surface area contributed by atoms with Crippen LogP contribution in [0.25, 0.3) is 5.70 Å². The standard InChI is InChI=1S/C21H21N3O3/c1-13-20(14-5-3-2-4-6-14)21-22-16(12-19(25)24(21)23-13)15-7-8-17-18(11-15)27-10-9-26-17/h2-8,11-13,20-23H,9-10H2,1H3. The highest BCUT2D eigenvalue weighted by molar-refractivity contribution is 5.97. The Balaban J connectivity index is 1.48. The lowest BCUT2D eigenvalue weighted by Crippen LogP contribution is -2.52. The number of carbonyl (C=O) groups is 1. The summed E-state index contributed by atoms with van der Waals surface area (Å²) < 4.78 is 11.3. The molecule has 3 aliphatic heterocycles. The molecule has 3 atom stereocenters. The first kappa shape index (κ1) is 16.2. The molecule has 1 saturated heterocycles. The number of nitrogens with one attached hydrogen (secondary N) is 2. The van der Waals surface area contributed by atoms with Crippen LogP contribution in [0.4, 0.5) is 0 Å². The first-order valence-electron chi connectivity index (χ1n) is 9.23. The maximum absolute atomic E-state index is 12.8. The van der Waals surface area contributed by atoms with Gasteiger partial charge in [-0.3, -0.25) is 9.80 Å². The molecule has 0 saturated carbocycles. The molecule has 5 rings (SSSR count). The van der Waals surface area contributed by atoms with Gasteiger partial charge in [0.05, 0.1) is 0 Å². The Morgan fingerprint density at radius 2 is 1.81 bits per heavy atom. The minimum atomic E-state index is -0.150. The van der Waals surface area contributed by atoms with E-state index in [9.17, 15) is 4.79 Å². The number of hydrogen-bond acceptors (Lipinski definition) is 5. The molecular formula is C21H21N3O3. The van der Waals surface area contributed by atoms with Gasteiger partial charge in [-0.05, 0) is 30.7 Å². The Hall–Kier alpha value is -2.99. The van der Waals surface area contributed by atoms with Gasteiger partial charge in [-0.25, -0.2) is 5.43 Å². The molecule has 0 spiro atoms. The van der Waals surface area contributed by atoms with Gasteiger partial charge in [0.2, 0.25) is 0 Å². The van der Waals surface area contributed by atoms with Crippen LogP contribution in [0, 0.1) is 0 Å². The van der Waals surface area contributed by atoms with Crippen LogP contribution in [0.15, 0.2) is 54.6 Å². The van der Waals surface area contributed by atoms with E-state index in [1.165, 1.54) is 5.56 Å². The molecule has 27 heavy (non-hydrogen) atoms. The van der Waals surface area contributed by atoms with Crippen molar-refractivity contribution in [3.8, 4) is 11.5 Å². The molecule has 1 amide bonds. The average Bonchev–Trinajstić information content (AvgIpc) is 3.05. The molecule has 1 fully saturated rings. The van der Waals surface area contributed by atoms with E-state index in [0.717, 1.165) is 17.0 Å². The van der Waals surface area contributed by atoms with Gasteiger partial charge in [0.15, 0.2) is 11.5 Å². The molecule has 0 bridgehead atoms. The SMILES string of the molecule is CC1NN2C(=O)C=C(c3ccc4c(c3)OCCO4)NC2C1c1ccccc1. The molecular weight excluding hydrogens is 342 g/mol. The highest BCUT2D eigenvalue weighted by Crippen LogP contribution is 2.37. The monoisotopic (exact) mass is 363 g/mol. The Morgan fingerprint density at radius 1 is 1.04 bits per heavy atom. The summed E-state index contributed by atoms with van der Waals surface area (Å²) in [5, 5.41) is 5.25. The van der Waals surface area contributed by atoms with Gasteiger partial charge in [-0.1, -0.05) is 30.3 Å². The number of hydrazine groups is 1. The minimum absolute atomic E-state index is 0.0473. The van der Waals surface area contributed by atoms with Crippen LogP contribution in [0.3, 0.4) is 0 Å². The summed E-state index contributed by atoms with van der Waals surface area (Å²) in [4.78, 5) is 12.8. The van der Waals surface area contributed by atoms with Gasteiger partial charge in [0.25, 0.3) is 5.91 Å². The normalized spacial score (nSPS) is 26.3. The predicted octanol–water partition coefficient (Wildman–Crippen LogP) is 2.25. The summed E-state index contributed by atoms with van der Waals surface area (Å²) in [6, 6.07) is 16.2. The fourth-order valence-corrected chi connectivity index (χ4v) is 4.09. The fourth-order valence-electron chi connectivity index (χ4n) is 4.09. The van der Waals surface area contributed by atoms with Crippen molar-refractivity contribution in [1.29, 1.82) is 0 Å². The van der Waals surface area contributed by atoms with E-state index >= 15 is 0 Å². The first-order chi connectivity index (χ1) is 13.2. The lowest BCUT2D eigenvalue weighted by atomic mass is 9.90. The van der Waals surface area contributed by atoms with Crippen molar-refractivity contribution in [1.82, 2.24) is 15.8 Å². The zero-order valence-corrected chi connectivity index (χ0v) is 15.0. The van der Waals surface area contributed by atoms with Crippen molar-refractivity contribution in [2.75, 3.05) is 13.2 Å². The second-order valence-electron chi connectivity index (χ2n) is 7.07. The summed E-state index contributed by atoms with van der Waals surface area (Å²) in [6.07, 6.45) is 1.48. The van der Waals surface area contributed by atoms with E-state index in [2.05, 4.69) is 29.8 Å². The molecule has 6 heteroatoms. The van der Waals surface area contributed by atoms with Crippen molar-refractivity contribution in [2.45, 2.75) is 25.0 Å². The predicted molar refractivity (Wildman–Crippen MR) is 101 cm³/mol. The van der Waals surface area contributed by atoms with E-state index in [1.54, 1.807) is 11.1 Å². The molecule has 3 aliphatic rings. The second kappa shape index (κ2) is 6.32. The van der Waals surface area contributed by atoms with Crippen LogP contribution in [-0.2, 0) is 4.79 Å². The molecule has 2 aromatic carbocycles. The largest absolute Gasteiger partial charge is 0.486 e. The fraction of sp³-hybridized carbons (Fsp3) is 0.286. The zero-order chi connectivity index (χ0) is 18.4. The lowest BCUT2D eigenvalue weighted by Gasteiger charge is -2.33. The number of rotatable bonds is 2. The Bertz CT molecular complexity index is 912. The third-order valence-electron chi connectivity index (χ3n) is 5.35. The summed E-state index contributed by atoms with van der Waals surface area (Å²) >= 11 is 0. The smallest absolute Gasteiger partial charge is 0.264 e. The number of amides is 1. The summed E-state index contributed by atoms with van der Waals surface area (Å²) in [7, 11) is 0. The second-order valence-corrected chi connectivity index (χ2v) is 7.07. The third kappa shape index (κ3) is 2.73.